The van der Waals surface area contributed by atoms with Crippen LogP contribution in [0.15, 0.2) is 39.9 Å². The molecular formula is C23H19Cl2F2N5O7S. The van der Waals surface area contributed by atoms with Gasteiger partial charge in [-0.3, -0.25) is 19.1 Å². The zero-order valence-electron chi connectivity index (χ0n) is 20.1. The summed E-state index contributed by atoms with van der Waals surface area (Å²) in [5.74, 6) is -0.978. The molecular weight excluding hydrogens is 599 g/mol. The number of carbonyl (C=O) groups is 1. The van der Waals surface area contributed by atoms with Crippen LogP contribution in [0.25, 0.3) is 5.69 Å². The van der Waals surface area contributed by atoms with Crippen molar-refractivity contribution in [1.29, 1.82) is 0 Å². The molecule has 2 fully saturated rings. The summed E-state index contributed by atoms with van der Waals surface area (Å²) in [4.78, 5) is 38.4. The maximum absolute atomic E-state index is 13.1. The van der Waals surface area contributed by atoms with Gasteiger partial charge in [-0.2, -0.15) is 9.78 Å². The van der Waals surface area contributed by atoms with Crippen LogP contribution in [0, 0.1) is 0 Å². The van der Waals surface area contributed by atoms with Gasteiger partial charge in [0.05, 0.1) is 21.4 Å². The Morgan fingerprint density at radius 3 is 2.42 bits per heavy atom. The third-order valence-corrected chi connectivity index (χ3v) is 7.70. The number of carbonyl (C=O) groups excluding carboxylic acids is 1. The predicted molar refractivity (Wildman–Crippen MR) is 140 cm³/mol. The Labute approximate surface area is 235 Å². The molecule has 0 spiro atoms. The number of rotatable bonds is 9. The minimum absolute atomic E-state index is 0.00230. The summed E-state index contributed by atoms with van der Waals surface area (Å²) in [7, 11) is 0. The standard InChI is InChI=1S/C23H19Cl2F2N5O7S/c24-13-7-11(31-22(36)29-20(34)17(30-31)19(26)27)8-14(25)18(13)39-12-3-4-16(33)15(9-12)32(40(37)38)23(5-6-23)21(35)28-10-1-2-10/h3-4,7-10,19,33H,1-2,5-6H2,(H,28,35)(H,37,38)(H,29,34,36). The maximum atomic E-state index is 13.1. The Morgan fingerprint density at radius 1 is 1.23 bits per heavy atom. The molecule has 2 saturated carbocycles. The van der Waals surface area contributed by atoms with Crippen LogP contribution in [0.4, 0.5) is 14.5 Å². The van der Waals surface area contributed by atoms with E-state index in [0.717, 1.165) is 29.3 Å². The molecule has 1 aromatic heterocycles. The van der Waals surface area contributed by atoms with Crippen LogP contribution in [0.1, 0.15) is 37.8 Å². The first-order chi connectivity index (χ1) is 18.9. The van der Waals surface area contributed by atoms with Crippen LogP contribution in [0.3, 0.4) is 0 Å². The summed E-state index contributed by atoms with van der Waals surface area (Å²) >= 11 is 9.92. The summed E-state index contributed by atoms with van der Waals surface area (Å²) in [6, 6.07) is 5.98. The van der Waals surface area contributed by atoms with Gasteiger partial charge in [0.1, 0.15) is 17.0 Å². The minimum atomic E-state index is -3.25. The molecule has 1 unspecified atom stereocenters. The topological polar surface area (TPSA) is 167 Å². The van der Waals surface area contributed by atoms with Crippen molar-refractivity contribution in [3.63, 3.8) is 0 Å². The van der Waals surface area contributed by atoms with Crippen LogP contribution < -0.4 is 25.6 Å². The number of phenols is 1. The number of aromatic amines is 1. The number of benzene rings is 2. The molecule has 1 atom stereocenters. The number of halogens is 4. The SMILES string of the molecule is O=C(NC1CC1)C1(N(c2cc(Oc3c(Cl)cc(-n4nc(C(F)F)c(=O)[nH]c4=O)cc3Cl)ccc2O)S(=O)O)CC1. The summed E-state index contributed by atoms with van der Waals surface area (Å²) in [5.41, 5.74) is -5.29. The van der Waals surface area contributed by atoms with Gasteiger partial charge in [-0.15, -0.1) is 0 Å². The van der Waals surface area contributed by atoms with E-state index in [-0.39, 0.29) is 51.8 Å². The number of aromatic hydroxyl groups is 1. The van der Waals surface area contributed by atoms with Crippen molar-refractivity contribution in [3.05, 3.63) is 66.9 Å². The van der Waals surface area contributed by atoms with Gasteiger partial charge in [0.15, 0.2) is 11.4 Å². The summed E-state index contributed by atoms with van der Waals surface area (Å²) in [5, 5.41) is 16.3. The average Bonchev–Trinajstić information content (AvgIpc) is 3.80. The largest absolute Gasteiger partial charge is 0.506 e. The molecule has 2 aromatic carbocycles. The number of aromatic nitrogens is 3. The minimum Gasteiger partial charge on any atom is -0.506 e. The van der Waals surface area contributed by atoms with E-state index in [1.165, 1.54) is 18.2 Å². The van der Waals surface area contributed by atoms with Crippen LogP contribution in [-0.4, -0.2) is 46.1 Å². The zero-order chi connectivity index (χ0) is 28.9. The first-order valence-electron chi connectivity index (χ1n) is 11.7. The second-order valence-corrected chi connectivity index (χ2v) is 10.8. The number of ether oxygens (including phenoxy) is 1. The van der Waals surface area contributed by atoms with Crippen LogP contribution in [0.5, 0.6) is 17.2 Å². The lowest BCUT2D eigenvalue weighted by molar-refractivity contribution is -0.123. The number of anilines is 1. The fraction of sp³-hybridized carbons (Fsp3) is 0.304. The summed E-state index contributed by atoms with van der Waals surface area (Å²) < 4.78 is 55.9. The van der Waals surface area contributed by atoms with E-state index in [1.54, 1.807) is 4.98 Å². The highest BCUT2D eigenvalue weighted by Crippen LogP contribution is 2.49. The molecule has 212 valence electrons. The molecule has 4 N–H and O–H groups in total. The average molecular weight is 618 g/mol. The smallest absolute Gasteiger partial charge is 0.349 e. The first kappa shape index (κ1) is 28.0. The van der Waals surface area contributed by atoms with Gasteiger partial charge in [-0.1, -0.05) is 23.2 Å². The van der Waals surface area contributed by atoms with Gasteiger partial charge in [0.25, 0.3) is 23.3 Å². The first-order valence-corrected chi connectivity index (χ1v) is 13.5. The van der Waals surface area contributed by atoms with Crippen molar-refractivity contribution in [2.24, 2.45) is 0 Å². The number of hydrogen-bond acceptors (Lipinski definition) is 7. The van der Waals surface area contributed by atoms with Gasteiger partial charge in [-0.25, -0.2) is 22.1 Å². The molecule has 1 heterocycles. The monoisotopic (exact) mass is 617 g/mol. The Morgan fingerprint density at radius 2 is 1.88 bits per heavy atom. The molecule has 0 bridgehead atoms. The van der Waals surface area contributed by atoms with E-state index in [9.17, 15) is 37.0 Å². The van der Waals surface area contributed by atoms with Gasteiger partial charge in [0.2, 0.25) is 5.91 Å². The van der Waals surface area contributed by atoms with Gasteiger partial charge < -0.3 is 15.2 Å². The lowest BCUT2D eigenvalue weighted by atomic mass is 10.2. The van der Waals surface area contributed by atoms with Crippen molar-refractivity contribution in [3.8, 4) is 22.9 Å². The van der Waals surface area contributed by atoms with E-state index >= 15 is 0 Å². The molecule has 0 aliphatic heterocycles. The second kappa shape index (κ2) is 10.5. The summed E-state index contributed by atoms with van der Waals surface area (Å²) in [6.45, 7) is 0. The quantitative estimate of drug-likeness (QED) is 0.265. The van der Waals surface area contributed by atoms with Crippen LogP contribution in [0.2, 0.25) is 10.0 Å². The van der Waals surface area contributed by atoms with E-state index in [4.69, 9.17) is 27.9 Å². The molecule has 5 rings (SSSR count). The molecule has 3 aromatic rings. The van der Waals surface area contributed by atoms with Crippen molar-refractivity contribution in [1.82, 2.24) is 20.1 Å². The highest BCUT2D eigenvalue weighted by atomic mass is 35.5. The predicted octanol–water partition coefficient (Wildman–Crippen LogP) is 3.42. The molecule has 0 saturated heterocycles. The van der Waals surface area contributed by atoms with E-state index < -0.39 is 51.8 Å². The Balaban J connectivity index is 1.47. The fourth-order valence-corrected chi connectivity index (χ4v) is 5.43. The van der Waals surface area contributed by atoms with Crippen molar-refractivity contribution < 1.29 is 32.2 Å². The second-order valence-electron chi connectivity index (χ2n) is 9.15. The van der Waals surface area contributed by atoms with Gasteiger partial charge >= 0.3 is 5.69 Å². The molecule has 1 amide bonds. The number of phenolic OH excluding ortho intramolecular Hbond substituents is 1. The van der Waals surface area contributed by atoms with E-state index in [2.05, 4.69) is 10.4 Å². The Bertz CT molecular complexity index is 1640. The number of hydrogen-bond donors (Lipinski definition) is 4. The third-order valence-electron chi connectivity index (χ3n) is 6.28. The molecule has 40 heavy (non-hydrogen) atoms. The maximum Gasteiger partial charge on any atom is 0.349 e. The number of H-pyrrole nitrogens is 1. The Kier molecular flexibility index (Phi) is 7.33. The summed E-state index contributed by atoms with van der Waals surface area (Å²) in [6.07, 6.45) is -1.05. The number of alkyl halides is 2. The number of amides is 1. The molecule has 2 aliphatic carbocycles. The lowest BCUT2D eigenvalue weighted by Gasteiger charge is -2.29. The highest BCUT2D eigenvalue weighted by molar-refractivity contribution is 7.80. The van der Waals surface area contributed by atoms with Crippen molar-refractivity contribution in [2.45, 2.75) is 43.7 Å². The Hall–Kier alpha value is -3.53. The van der Waals surface area contributed by atoms with Crippen molar-refractivity contribution >= 4 is 46.1 Å². The highest BCUT2D eigenvalue weighted by Gasteiger charge is 2.58. The van der Waals surface area contributed by atoms with E-state index in [1.807, 2.05) is 0 Å². The van der Waals surface area contributed by atoms with Crippen LogP contribution in [-0.2, 0) is 16.1 Å². The van der Waals surface area contributed by atoms with Crippen molar-refractivity contribution in [2.75, 3.05) is 4.31 Å². The normalized spacial score (nSPS) is 16.4. The van der Waals surface area contributed by atoms with Crippen LogP contribution >= 0.6 is 23.2 Å². The number of nitrogens with one attached hydrogen (secondary N) is 2. The fourth-order valence-electron chi connectivity index (χ4n) is 4.00. The third kappa shape index (κ3) is 5.29. The van der Waals surface area contributed by atoms with Gasteiger partial charge in [-0.05, 0) is 49.9 Å². The molecule has 12 nitrogen and oxygen atoms in total. The van der Waals surface area contributed by atoms with Gasteiger partial charge in [0, 0.05) is 12.1 Å². The molecule has 0 radical (unpaired) electrons. The zero-order valence-corrected chi connectivity index (χ0v) is 22.4. The molecule has 2 aliphatic rings. The molecule has 17 heteroatoms. The van der Waals surface area contributed by atoms with E-state index in [0.29, 0.717) is 4.68 Å². The lowest BCUT2D eigenvalue weighted by Crippen LogP contribution is -2.50. The number of nitrogens with zero attached hydrogens (tertiary/aromatic N) is 3.